The van der Waals surface area contributed by atoms with E-state index in [9.17, 15) is 15.2 Å². The maximum atomic E-state index is 12.1. The lowest BCUT2D eigenvalue weighted by atomic mass is 10.2. The number of nitro benzene ring substituents is 1. The van der Waals surface area contributed by atoms with Crippen molar-refractivity contribution in [1.82, 2.24) is 9.97 Å². The molecule has 0 radical (unpaired) electrons. The molecular weight excluding hydrogens is 384 g/mol. The number of nitro groups is 1. The van der Waals surface area contributed by atoms with E-state index in [0.717, 1.165) is 11.6 Å². The number of rotatable bonds is 4. The molecule has 0 fully saturated rings. The van der Waals surface area contributed by atoms with E-state index < -0.39 is 16.4 Å². The van der Waals surface area contributed by atoms with Crippen molar-refractivity contribution in [2.75, 3.05) is 0 Å². The number of oxazole rings is 1. The smallest absolute Gasteiger partial charge is 0.263 e. The van der Waals surface area contributed by atoms with Crippen LogP contribution in [0.3, 0.4) is 0 Å². The first-order valence-electron chi connectivity index (χ1n) is 8.01. The van der Waals surface area contributed by atoms with E-state index in [1.807, 2.05) is 0 Å². The second kappa shape index (κ2) is 7.09. The average molecular weight is 394 g/mol. The van der Waals surface area contributed by atoms with Crippen molar-refractivity contribution in [1.29, 1.82) is 0 Å². The number of fused-ring (bicyclic) bond motifs is 1. The molecule has 0 aliphatic carbocycles. The second-order valence-corrected chi connectivity index (χ2v) is 6.20. The van der Waals surface area contributed by atoms with Crippen molar-refractivity contribution in [2.45, 2.75) is 0 Å². The highest BCUT2D eigenvalue weighted by atomic mass is 35.5. The van der Waals surface area contributed by atoms with Gasteiger partial charge >= 0.3 is 0 Å². The fourth-order valence-electron chi connectivity index (χ4n) is 2.59. The Hall–Kier alpha value is -3.78. The first-order chi connectivity index (χ1) is 13.5. The summed E-state index contributed by atoms with van der Waals surface area (Å²) in [6, 6.07) is 11.0. The van der Waals surface area contributed by atoms with Gasteiger partial charge in [0.2, 0.25) is 5.89 Å². The second-order valence-electron chi connectivity index (χ2n) is 5.77. The fraction of sp³-hybridized carbons (Fsp3) is 0. The summed E-state index contributed by atoms with van der Waals surface area (Å²) in [5.74, 6) is -0.300. The minimum atomic E-state index is -0.770. The highest BCUT2D eigenvalue weighted by Crippen LogP contribution is 2.31. The minimum absolute atomic E-state index is 0.0249. The van der Waals surface area contributed by atoms with Crippen LogP contribution in [0.1, 0.15) is 5.56 Å². The van der Waals surface area contributed by atoms with Gasteiger partial charge < -0.3 is 9.52 Å². The fourth-order valence-corrected chi connectivity index (χ4v) is 2.81. The number of benzene rings is 2. The lowest BCUT2D eigenvalue weighted by Crippen LogP contribution is -2.02. The summed E-state index contributed by atoms with van der Waals surface area (Å²) in [4.78, 5) is 22.8. The third-order valence-electron chi connectivity index (χ3n) is 3.91. The summed E-state index contributed by atoms with van der Waals surface area (Å²) in [6.45, 7) is 0. The number of aliphatic imine (C=N–C) groups is 1. The molecular formula is C19H10ClN4O4-. The van der Waals surface area contributed by atoms with Crippen LogP contribution in [-0.2, 0) is 0 Å². The molecule has 9 heteroatoms. The standard InChI is InChI=1S/C19H11ClN4O4/c20-13-7-12(18(25)16(8-13)24(26)27)10-22-14-1-2-17-15(9-14)23-19(28-17)11-3-5-21-6-4-11/h1-10,25H/p-1. The van der Waals surface area contributed by atoms with Gasteiger partial charge in [-0.25, -0.2) is 4.98 Å². The molecule has 0 aliphatic heterocycles. The number of aromatic nitrogens is 2. The van der Waals surface area contributed by atoms with E-state index in [1.54, 1.807) is 42.7 Å². The molecule has 0 saturated heterocycles. The molecule has 2 heterocycles. The third kappa shape index (κ3) is 3.40. The number of hydrogen-bond donors (Lipinski definition) is 0. The number of nitrogens with zero attached hydrogens (tertiary/aromatic N) is 4. The number of pyridine rings is 1. The largest absolute Gasteiger partial charge is 0.867 e. The van der Waals surface area contributed by atoms with Gasteiger partial charge in [0.05, 0.1) is 10.6 Å². The van der Waals surface area contributed by atoms with Gasteiger partial charge in [-0.15, -0.1) is 0 Å². The Morgan fingerprint density at radius 1 is 1.14 bits per heavy atom. The predicted octanol–water partition coefficient (Wildman–Crippen LogP) is 4.28. The highest BCUT2D eigenvalue weighted by Gasteiger charge is 2.12. The third-order valence-corrected chi connectivity index (χ3v) is 4.13. The van der Waals surface area contributed by atoms with Crippen molar-refractivity contribution in [2.24, 2.45) is 4.99 Å². The summed E-state index contributed by atoms with van der Waals surface area (Å²) in [5.41, 5.74) is 1.89. The molecule has 0 spiro atoms. The Morgan fingerprint density at radius 3 is 2.68 bits per heavy atom. The lowest BCUT2D eigenvalue weighted by Gasteiger charge is -2.10. The molecule has 8 nitrogen and oxygen atoms in total. The van der Waals surface area contributed by atoms with Crippen LogP contribution in [-0.4, -0.2) is 21.1 Å². The van der Waals surface area contributed by atoms with Gasteiger partial charge in [0.15, 0.2) is 5.58 Å². The molecule has 0 N–H and O–H groups in total. The number of halogens is 1. The van der Waals surface area contributed by atoms with E-state index >= 15 is 0 Å². The van der Waals surface area contributed by atoms with E-state index in [-0.39, 0.29) is 10.6 Å². The number of hydrogen-bond acceptors (Lipinski definition) is 7. The quantitative estimate of drug-likeness (QED) is 0.290. The maximum absolute atomic E-state index is 12.1. The zero-order valence-corrected chi connectivity index (χ0v) is 14.8. The Bertz CT molecular complexity index is 1220. The summed E-state index contributed by atoms with van der Waals surface area (Å²) in [7, 11) is 0. The van der Waals surface area contributed by atoms with Crippen molar-refractivity contribution in [3.05, 3.63) is 75.6 Å². The van der Waals surface area contributed by atoms with Crippen molar-refractivity contribution < 1.29 is 14.4 Å². The lowest BCUT2D eigenvalue weighted by molar-refractivity contribution is -0.398. The molecule has 28 heavy (non-hydrogen) atoms. The molecule has 0 saturated carbocycles. The zero-order chi connectivity index (χ0) is 19.7. The Balaban J connectivity index is 1.68. The summed E-state index contributed by atoms with van der Waals surface area (Å²) in [6.07, 6.45) is 4.53. The van der Waals surface area contributed by atoms with Crippen LogP contribution in [0, 0.1) is 10.1 Å². The van der Waals surface area contributed by atoms with Gasteiger partial charge in [-0.1, -0.05) is 11.6 Å². The van der Waals surface area contributed by atoms with Crippen molar-refractivity contribution in [3.8, 4) is 17.2 Å². The summed E-state index contributed by atoms with van der Waals surface area (Å²) >= 11 is 5.86. The van der Waals surface area contributed by atoms with Gasteiger partial charge in [-0.3, -0.25) is 20.1 Å². The molecule has 4 aromatic rings. The van der Waals surface area contributed by atoms with Crippen LogP contribution in [0.15, 0.2) is 64.3 Å². The molecule has 4 rings (SSSR count). The van der Waals surface area contributed by atoms with Gasteiger partial charge in [0.1, 0.15) is 5.52 Å². The molecule has 2 aromatic carbocycles. The molecule has 0 aliphatic rings. The van der Waals surface area contributed by atoms with Gasteiger partial charge in [-0.05, 0) is 47.7 Å². The van der Waals surface area contributed by atoms with E-state index in [1.165, 1.54) is 12.3 Å². The monoisotopic (exact) mass is 393 g/mol. The first-order valence-corrected chi connectivity index (χ1v) is 8.39. The van der Waals surface area contributed by atoms with Crippen molar-refractivity contribution in [3.63, 3.8) is 0 Å². The Labute approximate surface area is 162 Å². The van der Waals surface area contributed by atoms with Gasteiger partial charge in [0.25, 0.3) is 5.69 Å². The average Bonchev–Trinajstić information content (AvgIpc) is 3.12. The van der Waals surface area contributed by atoms with Crippen LogP contribution in [0.5, 0.6) is 5.75 Å². The van der Waals surface area contributed by atoms with Crippen LogP contribution in [0.4, 0.5) is 11.4 Å². The van der Waals surface area contributed by atoms with Crippen LogP contribution >= 0.6 is 11.6 Å². The summed E-state index contributed by atoms with van der Waals surface area (Å²) < 4.78 is 5.72. The first kappa shape index (κ1) is 17.6. The van der Waals surface area contributed by atoms with Gasteiger partial charge in [-0.2, -0.15) is 0 Å². The molecule has 138 valence electrons. The molecule has 0 amide bonds. The van der Waals surface area contributed by atoms with Crippen molar-refractivity contribution >= 4 is 40.3 Å². The highest BCUT2D eigenvalue weighted by molar-refractivity contribution is 6.31. The normalized spacial score (nSPS) is 11.3. The Morgan fingerprint density at radius 2 is 1.93 bits per heavy atom. The van der Waals surface area contributed by atoms with Crippen LogP contribution in [0.25, 0.3) is 22.6 Å². The Kier molecular flexibility index (Phi) is 4.46. The molecule has 0 atom stereocenters. The SMILES string of the molecule is O=[N+]([O-])c1cc(Cl)cc(C=Nc2ccc3oc(-c4ccncc4)nc3c2)c1[O-]. The van der Waals surface area contributed by atoms with E-state index in [4.69, 9.17) is 16.0 Å². The van der Waals surface area contributed by atoms with E-state index in [2.05, 4.69) is 15.0 Å². The van der Waals surface area contributed by atoms with Crippen LogP contribution < -0.4 is 5.11 Å². The zero-order valence-electron chi connectivity index (χ0n) is 14.1. The maximum Gasteiger partial charge on any atom is 0.263 e. The minimum Gasteiger partial charge on any atom is -0.867 e. The molecule has 2 aromatic heterocycles. The van der Waals surface area contributed by atoms with Crippen LogP contribution in [0.2, 0.25) is 5.02 Å². The molecule has 0 bridgehead atoms. The summed E-state index contributed by atoms with van der Waals surface area (Å²) in [5, 5.41) is 23.2. The molecule has 0 unspecified atom stereocenters. The van der Waals surface area contributed by atoms with E-state index in [0.29, 0.717) is 22.7 Å². The van der Waals surface area contributed by atoms with Gasteiger partial charge in [0, 0.05) is 35.3 Å². The predicted molar refractivity (Wildman–Crippen MR) is 102 cm³/mol. The topological polar surface area (TPSA) is 117 Å².